The summed E-state index contributed by atoms with van der Waals surface area (Å²) in [4.78, 5) is 15.2. The average molecular weight is 163 g/mol. The van der Waals surface area contributed by atoms with Crippen LogP contribution in [0.3, 0.4) is 0 Å². The molecule has 1 atom stereocenters. The molecule has 62 valence electrons. The first-order chi connectivity index (χ1) is 5.77. The molecule has 0 aliphatic carbocycles. The molecular weight excluding hydrogens is 154 g/mol. The maximum atomic E-state index is 11.1. The average Bonchev–Trinajstić information content (AvgIpc) is 2.07. The first-order valence-corrected chi connectivity index (χ1v) is 3.80. The molecule has 2 N–H and O–H groups in total. The van der Waals surface area contributed by atoms with Crippen LogP contribution in [0, 0.1) is 0 Å². The van der Waals surface area contributed by atoms with Gasteiger partial charge in [-0.15, -0.1) is 0 Å². The van der Waals surface area contributed by atoms with E-state index < -0.39 is 0 Å². The third-order valence-electron chi connectivity index (χ3n) is 1.81. The molecule has 1 aliphatic rings. The van der Waals surface area contributed by atoms with Crippen molar-refractivity contribution in [3.8, 4) is 0 Å². The van der Waals surface area contributed by atoms with Gasteiger partial charge in [0.2, 0.25) is 5.91 Å². The zero-order chi connectivity index (χ0) is 8.55. The minimum atomic E-state index is -0.179. The zero-order valence-corrected chi connectivity index (χ0v) is 6.66. The number of aromatic nitrogens is 1. The van der Waals surface area contributed by atoms with E-state index in [0.29, 0.717) is 5.82 Å². The molecule has 0 fully saturated rings. The Morgan fingerprint density at radius 3 is 3.25 bits per heavy atom. The maximum absolute atomic E-state index is 11.1. The number of amides is 1. The highest BCUT2D eigenvalue weighted by Crippen LogP contribution is 2.22. The molecule has 2 rings (SSSR count). The molecule has 0 saturated heterocycles. The molecule has 12 heavy (non-hydrogen) atoms. The number of rotatable bonds is 0. The largest absolute Gasteiger partial charge is 0.371 e. The third-order valence-corrected chi connectivity index (χ3v) is 1.81. The van der Waals surface area contributed by atoms with Gasteiger partial charge in [0.25, 0.3) is 0 Å². The number of anilines is 2. The fourth-order valence-electron chi connectivity index (χ4n) is 1.15. The number of carbonyl (C=O) groups is 1. The molecule has 1 aromatic rings. The van der Waals surface area contributed by atoms with Crippen LogP contribution in [0.1, 0.15) is 6.92 Å². The van der Waals surface area contributed by atoms with Gasteiger partial charge in [-0.2, -0.15) is 0 Å². The van der Waals surface area contributed by atoms with Crippen molar-refractivity contribution in [3.63, 3.8) is 0 Å². The Morgan fingerprint density at radius 1 is 1.58 bits per heavy atom. The maximum Gasteiger partial charge on any atom is 0.247 e. The molecular formula is C8H9N3O. The molecule has 1 amide bonds. The smallest absolute Gasteiger partial charge is 0.247 e. The SMILES string of the molecule is CC1Nc2cccnc2NC1=O. The Morgan fingerprint density at radius 2 is 2.42 bits per heavy atom. The van der Waals surface area contributed by atoms with Gasteiger partial charge in [-0.05, 0) is 19.1 Å². The number of hydrogen-bond donors (Lipinski definition) is 2. The second kappa shape index (κ2) is 2.48. The lowest BCUT2D eigenvalue weighted by Gasteiger charge is -2.22. The van der Waals surface area contributed by atoms with Crippen LogP contribution in [0.4, 0.5) is 11.5 Å². The number of pyridine rings is 1. The Kier molecular flexibility index (Phi) is 1.46. The van der Waals surface area contributed by atoms with Crippen LogP contribution < -0.4 is 10.6 Å². The summed E-state index contributed by atoms with van der Waals surface area (Å²) in [5.74, 6) is 0.571. The highest BCUT2D eigenvalue weighted by Gasteiger charge is 2.21. The summed E-state index contributed by atoms with van der Waals surface area (Å²) in [6, 6.07) is 3.54. The van der Waals surface area contributed by atoms with E-state index in [1.165, 1.54) is 0 Å². The van der Waals surface area contributed by atoms with Crippen LogP contribution in [-0.4, -0.2) is 16.9 Å². The van der Waals surface area contributed by atoms with Gasteiger partial charge >= 0.3 is 0 Å². The van der Waals surface area contributed by atoms with Gasteiger partial charge in [-0.1, -0.05) is 0 Å². The minimum absolute atomic E-state index is 0.0406. The summed E-state index contributed by atoms with van der Waals surface area (Å²) in [6.45, 7) is 1.81. The van der Waals surface area contributed by atoms with Crippen LogP contribution in [0.5, 0.6) is 0 Å². The molecule has 1 aromatic heterocycles. The fraction of sp³-hybridized carbons (Fsp3) is 0.250. The first-order valence-electron chi connectivity index (χ1n) is 3.80. The number of hydrogen-bond acceptors (Lipinski definition) is 3. The van der Waals surface area contributed by atoms with Crippen molar-refractivity contribution in [3.05, 3.63) is 18.3 Å². The van der Waals surface area contributed by atoms with Gasteiger partial charge in [0.1, 0.15) is 6.04 Å². The number of fused-ring (bicyclic) bond motifs is 1. The van der Waals surface area contributed by atoms with Crippen LogP contribution in [0.2, 0.25) is 0 Å². The molecule has 0 spiro atoms. The number of carbonyl (C=O) groups excluding carboxylic acids is 1. The van der Waals surface area contributed by atoms with Gasteiger partial charge in [-0.25, -0.2) is 4.98 Å². The highest BCUT2D eigenvalue weighted by atomic mass is 16.2. The monoisotopic (exact) mass is 163 g/mol. The van der Waals surface area contributed by atoms with E-state index in [1.54, 1.807) is 6.20 Å². The van der Waals surface area contributed by atoms with Crippen molar-refractivity contribution in [1.29, 1.82) is 0 Å². The van der Waals surface area contributed by atoms with Crippen LogP contribution in [0.15, 0.2) is 18.3 Å². The lowest BCUT2D eigenvalue weighted by Crippen LogP contribution is -2.36. The molecule has 4 heteroatoms. The molecule has 0 radical (unpaired) electrons. The highest BCUT2D eigenvalue weighted by molar-refractivity contribution is 6.01. The minimum Gasteiger partial charge on any atom is -0.371 e. The van der Waals surface area contributed by atoms with E-state index in [4.69, 9.17) is 0 Å². The third kappa shape index (κ3) is 1.01. The van der Waals surface area contributed by atoms with Gasteiger partial charge < -0.3 is 10.6 Å². The van der Waals surface area contributed by atoms with E-state index in [2.05, 4.69) is 15.6 Å². The Labute approximate surface area is 70.0 Å². The van der Waals surface area contributed by atoms with E-state index in [1.807, 2.05) is 19.1 Å². The van der Waals surface area contributed by atoms with E-state index in [9.17, 15) is 4.79 Å². The van der Waals surface area contributed by atoms with Gasteiger partial charge in [0.05, 0.1) is 5.69 Å². The van der Waals surface area contributed by atoms with Crippen molar-refractivity contribution < 1.29 is 4.79 Å². The Hall–Kier alpha value is -1.58. The van der Waals surface area contributed by atoms with E-state index in [-0.39, 0.29) is 11.9 Å². The van der Waals surface area contributed by atoms with E-state index >= 15 is 0 Å². The lowest BCUT2D eigenvalue weighted by molar-refractivity contribution is -0.116. The molecule has 0 bridgehead atoms. The first kappa shape index (κ1) is 7.09. The molecule has 1 unspecified atom stereocenters. The summed E-state index contributed by atoms with van der Waals surface area (Å²) in [5.41, 5.74) is 0.879. The summed E-state index contributed by atoms with van der Waals surface area (Å²) in [5, 5.41) is 5.73. The van der Waals surface area contributed by atoms with Crippen molar-refractivity contribution in [2.45, 2.75) is 13.0 Å². The number of nitrogens with zero attached hydrogens (tertiary/aromatic N) is 1. The summed E-state index contributed by atoms with van der Waals surface area (Å²) in [7, 11) is 0. The second-order valence-electron chi connectivity index (χ2n) is 2.75. The predicted molar refractivity (Wildman–Crippen MR) is 46.0 cm³/mol. The van der Waals surface area contributed by atoms with Crippen molar-refractivity contribution in [1.82, 2.24) is 4.98 Å². The van der Waals surface area contributed by atoms with Gasteiger partial charge in [-0.3, -0.25) is 4.79 Å². The lowest BCUT2D eigenvalue weighted by atomic mass is 10.2. The topological polar surface area (TPSA) is 54.0 Å². The summed E-state index contributed by atoms with van der Waals surface area (Å²) < 4.78 is 0. The van der Waals surface area contributed by atoms with E-state index in [0.717, 1.165) is 5.69 Å². The normalized spacial score (nSPS) is 20.8. The molecule has 0 aromatic carbocycles. The van der Waals surface area contributed by atoms with Crippen LogP contribution in [0.25, 0.3) is 0 Å². The van der Waals surface area contributed by atoms with Gasteiger partial charge in [0, 0.05) is 6.20 Å². The van der Waals surface area contributed by atoms with Crippen LogP contribution >= 0.6 is 0 Å². The summed E-state index contributed by atoms with van der Waals surface area (Å²) >= 11 is 0. The predicted octanol–water partition coefficient (Wildman–Crippen LogP) is 0.834. The van der Waals surface area contributed by atoms with Crippen molar-refractivity contribution in [2.75, 3.05) is 10.6 Å². The zero-order valence-electron chi connectivity index (χ0n) is 6.66. The molecule has 0 saturated carbocycles. The van der Waals surface area contributed by atoms with Crippen molar-refractivity contribution in [2.24, 2.45) is 0 Å². The van der Waals surface area contributed by atoms with Gasteiger partial charge in [0.15, 0.2) is 5.82 Å². The fourth-order valence-corrected chi connectivity index (χ4v) is 1.15. The Balaban J connectivity index is 2.40. The van der Waals surface area contributed by atoms with Crippen molar-refractivity contribution >= 4 is 17.4 Å². The molecule has 2 heterocycles. The van der Waals surface area contributed by atoms with Crippen LogP contribution in [-0.2, 0) is 4.79 Å². The second-order valence-corrected chi connectivity index (χ2v) is 2.75. The Bertz CT molecular complexity index is 324. The summed E-state index contributed by atoms with van der Waals surface area (Å²) in [6.07, 6.45) is 1.65. The molecule has 1 aliphatic heterocycles. The molecule has 4 nitrogen and oxygen atoms in total. The standard InChI is InChI=1S/C8H9N3O/c1-5-8(12)11-7-6(10-5)3-2-4-9-7/h2-5,10H,1H3,(H,9,11,12). The quantitative estimate of drug-likeness (QED) is 0.595. The number of nitrogens with one attached hydrogen (secondary N) is 2.